The van der Waals surface area contributed by atoms with Crippen LogP contribution >= 0.6 is 11.3 Å². The Morgan fingerprint density at radius 1 is 1.42 bits per heavy atom. The van der Waals surface area contributed by atoms with Gasteiger partial charge in [-0.05, 0) is 32.4 Å². The molecule has 4 nitrogen and oxygen atoms in total. The molecule has 0 fully saturated rings. The van der Waals surface area contributed by atoms with Crippen molar-refractivity contribution in [3.05, 3.63) is 22.7 Å². The Hall–Kier alpha value is -1.62. The van der Waals surface area contributed by atoms with Crippen LogP contribution in [0.5, 0.6) is 0 Å². The van der Waals surface area contributed by atoms with Gasteiger partial charge in [0.25, 0.3) is 5.91 Å². The first-order valence-corrected chi connectivity index (χ1v) is 7.35. The number of carbonyl (C=O) groups excluding carboxylic acids is 1. The highest BCUT2D eigenvalue weighted by Gasteiger charge is 2.21. The first-order valence-electron chi connectivity index (χ1n) is 6.53. The minimum Gasteiger partial charge on any atom is -0.397 e. The highest BCUT2D eigenvalue weighted by molar-refractivity contribution is 7.21. The van der Waals surface area contributed by atoms with E-state index in [1.807, 2.05) is 30.9 Å². The highest BCUT2D eigenvalue weighted by atomic mass is 32.1. The molecule has 0 radical (unpaired) electrons. The van der Waals surface area contributed by atoms with E-state index in [1.54, 1.807) is 0 Å². The monoisotopic (exact) mass is 277 g/mol. The zero-order valence-electron chi connectivity index (χ0n) is 11.6. The molecule has 0 aliphatic heterocycles. The van der Waals surface area contributed by atoms with Crippen LogP contribution in [0.15, 0.2) is 12.1 Å². The molecule has 2 aromatic rings. The minimum absolute atomic E-state index is 0.0162. The Bertz CT molecular complexity index is 606. The van der Waals surface area contributed by atoms with Gasteiger partial charge in [0.2, 0.25) is 0 Å². The van der Waals surface area contributed by atoms with E-state index >= 15 is 0 Å². The number of rotatable bonds is 4. The van der Waals surface area contributed by atoms with Crippen LogP contribution in [0, 0.1) is 6.92 Å². The summed E-state index contributed by atoms with van der Waals surface area (Å²) in [5.41, 5.74) is 7.60. The van der Waals surface area contributed by atoms with Crippen molar-refractivity contribution in [1.29, 1.82) is 0 Å². The smallest absolute Gasteiger partial charge is 0.266 e. The van der Waals surface area contributed by atoms with Gasteiger partial charge in [0.1, 0.15) is 9.71 Å². The third kappa shape index (κ3) is 2.56. The van der Waals surface area contributed by atoms with Gasteiger partial charge in [-0.3, -0.25) is 4.79 Å². The molecule has 0 bridgehead atoms. The fraction of sp³-hybridized carbons (Fsp3) is 0.429. The number of anilines is 1. The third-order valence-corrected chi connectivity index (χ3v) is 4.19. The van der Waals surface area contributed by atoms with Crippen molar-refractivity contribution in [3.8, 4) is 0 Å². The second kappa shape index (κ2) is 5.57. The van der Waals surface area contributed by atoms with Gasteiger partial charge >= 0.3 is 0 Å². The van der Waals surface area contributed by atoms with E-state index in [1.165, 1.54) is 11.3 Å². The number of aromatic nitrogens is 1. The summed E-state index contributed by atoms with van der Waals surface area (Å²) >= 11 is 1.39. The van der Waals surface area contributed by atoms with Gasteiger partial charge in [0.05, 0.1) is 5.69 Å². The molecular weight excluding hydrogens is 258 g/mol. The second-order valence-corrected chi connectivity index (χ2v) is 5.53. The first-order chi connectivity index (χ1) is 9.08. The molecule has 0 aromatic carbocycles. The molecule has 2 aromatic heterocycles. The fourth-order valence-corrected chi connectivity index (χ4v) is 3.17. The number of amides is 1. The zero-order valence-corrected chi connectivity index (χ0v) is 12.4. The summed E-state index contributed by atoms with van der Waals surface area (Å²) in [6, 6.07) is 3.86. The molecule has 102 valence electrons. The van der Waals surface area contributed by atoms with Crippen molar-refractivity contribution in [2.75, 3.05) is 18.8 Å². The predicted molar refractivity (Wildman–Crippen MR) is 80.6 cm³/mol. The number of nitrogen functional groups attached to an aromatic ring is 1. The molecule has 0 saturated heterocycles. The molecule has 1 amide bonds. The predicted octanol–water partition coefficient (Wildman–Crippen LogP) is 3.06. The molecule has 19 heavy (non-hydrogen) atoms. The number of nitrogens with zero attached hydrogens (tertiary/aromatic N) is 2. The molecule has 0 unspecified atom stereocenters. The van der Waals surface area contributed by atoms with Gasteiger partial charge in [0.15, 0.2) is 0 Å². The molecule has 0 saturated carbocycles. The van der Waals surface area contributed by atoms with Gasteiger partial charge in [0, 0.05) is 24.2 Å². The van der Waals surface area contributed by atoms with Crippen molar-refractivity contribution < 1.29 is 4.79 Å². The highest BCUT2D eigenvalue weighted by Crippen LogP contribution is 2.33. The van der Waals surface area contributed by atoms with Crippen LogP contribution in [0.3, 0.4) is 0 Å². The van der Waals surface area contributed by atoms with Crippen molar-refractivity contribution in [3.63, 3.8) is 0 Å². The topological polar surface area (TPSA) is 59.2 Å². The van der Waals surface area contributed by atoms with E-state index in [4.69, 9.17) is 5.73 Å². The molecule has 0 atom stereocenters. The number of carbonyl (C=O) groups is 1. The number of fused-ring (bicyclic) bond motifs is 1. The summed E-state index contributed by atoms with van der Waals surface area (Å²) in [6.07, 6.45) is 0.946. The first kappa shape index (κ1) is 13.8. The fourth-order valence-electron chi connectivity index (χ4n) is 2.07. The largest absolute Gasteiger partial charge is 0.397 e. The van der Waals surface area contributed by atoms with E-state index in [9.17, 15) is 4.79 Å². The number of nitrogens with two attached hydrogens (primary N) is 1. The standard InChI is InChI=1S/C14H19N3OS/c1-4-8-17(5-2)14(18)12-11(15)10-7-6-9(3)16-13(10)19-12/h6-7H,4-5,8,15H2,1-3H3. The van der Waals surface area contributed by atoms with Crippen LogP contribution in [-0.4, -0.2) is 28.9 Å². The lowest BCUT2D eigenvalue weighted by molar-refractivity contribution is 0.0770. The Labute approximate surface area is 117 Å². The maximum atomic E-state index is 12.5. The van der Waals surface area contributed by atoms with Gasteiger partial charge < -0.3 is 10.6 Å². The summed E-state index contributed by atoms with van der Waals surface area (Å²) < 4.78 is 0. The Kier molecular flexibility index (Phi) is 4.04. The number of hydrogen-bond donors (Lipinski definition) is 1. The third-order valence-electron chi connectivity index (χ3n) is 3.09. The van der Waals surface area contributed by atoms with Crippen LogP contribution in [0.25, 0.3) is 10.2 Å². The molecular formula is C14H19N3OS. The second-order valence-electron chi connectivity index (χ2n) is 4.54. The number of aryl methyl sites for hydroxylation is 1. The van der Waals surface area contributed by atoms with E-state index < -0.39 is 0 Å². The van der Waals surface area contributed by atoms with Crippen molar-refractivity contribution in [1.82, 2.24) is 9.88 Å². The van der Waals surface area contributed by atoms with Gasteiger partial charge in [-0.1, -0.05) is 6.92 Å². The molecule has 2 N–H and O–H groups in total. The zero-order chi connectivity index (χ0) is 14.0. The van der Waals surface area contributed by atoms with Crippen LogP contribution in [0.4, 0.5) is 5.69 Å². The van der Waals surface area contributed by atoms with E-state index in [0.717, 1.165) is 28.9 Å². The summed E-state index contributed by atoms with van der Waals surface area (Å²) in [4.78, 5) is 20.2. The molecule has 2 rings (SSSR count). The molecule has 0 spiro atoms. The average molecular weight is 277 g/mol. The van der Waals surface area contributed by atoms with Crippen molar-refractivity contribution in [2.45, 2.75) is 27.2 Å². The molecule has 5 heteroatoms. The van der Waals surface area contributed by atoms with Gasteiger partial charge in [-0.25, -0.2) is 4.98 Å². The van der Waals surface area contributed by atoms with Crippen LogP contribution in [-0.2, 0) is 0 Å². The molecule has 0 aliphatic rings. The van der Waals surface area contributed by atoms with Crippen molar-refractivity contribution >= 4 is 33.1 Å². The lowest BCUT2D eigenvalue weighted by Gasteiger charge is -2.19. The van der Waals surface area contributed by atoms with E-state index in [0.29, 0.717) is 17.1 Å². The van der Waals surface area contributed by atoms with Crippen molar-refractivity contribution in [2.24, 2.45) is 0 Å². The Morgan fingerprint density at radius 3 is 2.79 bits per heavy atom. The Balaban J connectivity index is 2.44. The lowest BCUT2D eigenvalue weighted by Crippen LogP contribution is -2.31. The summed E-state index contributed by atoms with van der Waals surface area (Å²) in [7, 11) is 0. The quantitative estimate of drug-likeness (QED) is 0.934. The summed E-state index contributed by atoms with van der Waals surface area (Å²) in [5.74, 6) is 0.0162. The number of thiophene rings is 1. The molecule has 2 heterocycles. The number of hydrogen-bond acceptors (Lipinski definition) is 4. The summed E-state index contributed by atoms with van der Waals surface area (Å²) in [6.45, 7) is 7.45. The average Bonchev–Trinajstić information content (AvgIpc) is 2.72. The SMILES string of the molecule is CCCN(CC)C(=O)c1sc2nc(C)ccc2c1N. The van der Waals surface area contributed by atoms with Crippen LogP contribution in [0.2, 0.25) is 0 Å². The van der Waals surface area contributed by atoms with Crippen LogP contribution < -0.4 is 5.73 Å². The summed E-state index contributed by atoms with van der Waals surface area (Å²) in [5, 5.41) is 0.881. The normalized spacial score (nSPS) is 10.9. The van der Waals surface area contributed by atoms with Gasteiger partial charge in [-0.2, -0.15) is 0 Å². The lowest BCUT2D eigenvalue weighted by atomic mass is 10.2. The Morgan fingerprint density at radius 2 is 2.16 bits per heavy atom. The molecule has 0 aliphatic carbocycles. The minimum atomic E-state index is 0.0162. The van der Waals surface area contributed by atoms with Crippen LogP contribution in [0.1, 0.15) is 35.6 Å². The maximum absolute atomic E-state index is 12.5. The maximum Gasteiger partial charge on any atom is 0.266 e. The van der Waals surface area contributed by atoms with Gasteiger partial charge in [-0.15, -0.1) is 11.3 Å². The van der Waals surface area contributed by atoms with E-state index in [-0.39, 0.29) is 5.91 Å². The van der Waals surface area contributed by atoms with E-state index in [2.05, 4.69) is 11.9 Å². The number of pyridine rings is 1.